The molecule has 0 aromatic heterocycles. The third-order valence-corrected chi connectivity index (χ3v) is 5.98. The van der Waals surface area contributed by atoms with E-state index in [0.717, 1.165) is 0 Å². The Hall–Kier alpha value is -1.35. The molecule has 0 aromatic rings. The predicted molar refractivity (Wildman–Crippen MR) is 73.7 cm³/mol. The maximum Gasteiger partial charge on any atom is 0.320 e. The molecule has 2 amide bonds. The van der Waals surface area contributed by atoms with Crippen LogP contribution in [0.4, 0.5) is 4.79 Å². The molecule has 0 radical (unpaired) electrons. The summed E-state index contributed by atoms with van der Waals surface area (Å²) in [5, 5.41) is 9.12. The number of hydrogen-bond acceptors (Lipinski definition) is 5. The molecule has 21 heavy (non-hydrogen) atoms. The molecule has 3 unspecified atom stereocenters. The number of rotatable bonds is 3. The van der Waals surface area contributed by atoms with Gasteiger partial charge in [-0.15, -0.1) is 0 Å². The van der Waals surface area contributed by atoms with Gasteiger partial charge in [0.2, 0.25) is 0 Å². The number of amides is 2. The summed E-state index contributed by atoms with van der Waals surface area (Å²) in [6, 6.07) is -1.26. The number of carbonyl (C=O) groups is 2. The molecule has 2 aliphatic rings. The monoisotopic (exact) mass is 320 g/mol. The molecular formula is C12H20N2O6S. The zero-order valence-corrected chi connectivity index (χ0v) is 12.9. The third-order valence-electron chi connectivity index (χ3n) is 4.22. The molecule has 2 rings (SSSR count). The van der Waals surface area contributed by atoms with Gasteiger partial charge in [-0.1, -0.05) is 0 Å². The van der Waals surface area contributed by atoms with Crippen LogP contribution in [0.2, 0.25) is 0 Å². The van der Waals surface area contributed by atoms with E-state index in [1.165, 1.54) is 16.8 Å². The third kappa shape index (κ3) is 3.29. The lowest BCUT2D eigenvalue weighted by atomic mass is 10.0. The van der Waals surface area contributed by atoms with Crippen molar-refractivity contribution in [3.63, 3.8) is 0 Å². The Morgan fingerprint density at radius 1 is 1.19 bits per heavy atom. The number of carboxylic acids is 1. The van der Waals surface area contributed by atoms with Crippen molar-refractivity contribution in [2.24, 2.45) is 5.92 Å². The minimum absolute atomic E-state index is 0.0351. The molecule has 2 heterocycles. The highest BCUT2D eigenvalue weighted by Crippen LogP contribution is 2.22. The fourth-order valence-electron chi connectivity index (χ4n) is 2.79. The second kappa shape index (κ2) is 5.80. The molecule has 0 spiro atoms. The van der Waals surface area contributed by atoms with Crippen LogP contribution in [0.25, 0.3) is 0 Å². The molecular weight excluding hydrogens is 300 g/mol. The van der Waals surface area contributed by atoms with Crippen molar-refractivity contribution in [3.8, 4) is 0 Å². The number of likely N-dealkylation sites (N-methyl/N-ethyl adjacent to an activating group) is 1. The SMILES string of the molecule is CN(C(=O)N(C)C1COCC1C(=O)O)C1CCS(=O)(=O)C1. The van der Waals surface area contributed by atoms with E-state index < -0.39 is 27.8 Å². The van der Waals surface area contributed by atoms with E-state index >= 15 is 0 Å². The van der Waals surface area contributed by atoms with Gasteiger partial charge in [-0.3, -0.25) is 4.79 Å². The predicted octanol–water partition coefficient (Wildman–Crippen LogP) is -0.743. The molecule has 0 aliphatic carbocycles. The molecule has 9 heteroatoms. The average molecular weight is 320 g/mol. The molecule has 1 N–H and O–H groups in total. The Balaban J connectivity index is 2.03. The molecule has 0 bridgehead atoms. The number of nitrogens with zero attached hydrogens (tertiary/aromatic N) is 2. The van der Waals surface area contributed by atoms with Crippen LogP contribution in [0.15, 0.2) is 0 Å². The van der Waals surface area contributed by atoms with Gasteiger partial charge in [0.25, 0.3) is 0 Å². The number of carbonyl (C=O) groups excluding carboxylic acids is 1. The first-order valence-corrected chi connectivity index (χ1v) is 8.55. The standard InChI is InChI=1S/C12H20N2O6S/c1-13(8-3-4-21(18,19)7-8)12(17)14(2)10-6-20-5-9(10)11(15)16/h8-10H,3-7H2,1-2H3,(H,15,16). The highest BCUT2D eigenvalue weighted by Gasteiger charge is 2.41. The Bertz CT molecular complexity index is 534. The summed E-state index contributed by atoms with van der Waals surface area (Å²) in [4.78, 5) is 26.3. The van der Waals surface area contributed by atoms with E-state index in [4.69, 9.17) is 9.84 Å². The minimum Gasteiger partial charge on any atom is -0.481 e. The Kier molecular flexibility index (Phi) is 4.43. The largest absolute Gasteiger partial charge is 0.481 e. The van der Waals surface area contributed by atoms with Crippen LogP contribution >= 0.6 is 0 Å². The summed E-state index contributed by atoms with van der Waals surface area (Å²) in [6.45, 7) is 0.259. The van der Waals surface area contributed by atoms with E-state index in [0.29, 0.717) is 6.42 Å². The van der Waals surface area contributed by atoms with E-state index in [1.807, 2.05) is 0 Å². The fourth-order valence-corrected chi connectivity index (χ4v) is 4.56. The van der Waals surface area contributed by atoms with Crippen molar-refractivity contribution in [1.29, 1.82) is 0 Å². The van der Waals surface area contributed by atoms with Gasteiger partial charge >= 0.3 is 12.0 Å². The van der Waals surface area contributed by atoms with Gasteiger partial charge in [0.1, 0.15) is 5.92 Å². The van der Waals surface area contributed by atoms with Crippen LogP contribution in [0, 0.1) is 5.92 Å². The van der Waals surface area contributed by atoms with Crippen molar-refractivity contribution in [2.45, 2.75) is 18.5 Å². The number of carboxylic acid groups (broad SMARTS) is 1. The number of urea groups is 1. The second-order valence-corrected chi connectivity index (χ2v) is 7.84. The van der Waals surface area contributed by atoms with E-state index in [2.05, 4.69) is 0 Å². The number of ether oxygens (including phenoxy) is 1. The molecule has 2 saturated heterocycles. The lowest BCUT2D eigenvalue weighted by Gasteiger charge is -2.33. The van der Waals surface area contributed by atoms with Gasteiger partial charge < -0.3 is 19.6 Å². The number of hydrogen-bond donors (Lipinski definition) is 1. The molecule has 0 aromatic carbocycles. The Labute approximate surface area is 123 Å². The van der Waals surface area contributed by atoms with Gasteiger partial charge in [-0.2, -0.15) is 0 Å². The molecule has 2 fully saturated rings. The summed E-state index contributed by atoms with van der Waals surface area (Å²) < 4.78 is 28.1. The van der Waals surface area contributed by atoms with Crippen LogP contribution in [0.3, 0.4) is 0 Å². The zero-order chi connectivity index (χ0) is 15.8. The zero-order valence-electron chi connectivity index (χ0n) is 12.1. The lowest BCUT2D eigenvalue weighted by Crippen LogP contribution is -2.51. The molecule has 8 nitrogen and oxygen atoms in total. The Morgan fingerprint density at radius 2 is 1.86 bits per heavy atom. The van der Waals surface area contributed by atoms with Gasteiger partial charge in [0.05, 0.1) is 30.8 Å². The topological polar surface area (TPSA) is 104 Å². The first-order chi connectivity index (χ1) is 9.73. The van der Waals surface area contributed by atoms with Crippen molar-refractivity contribution >= 4 is 21.8 Å². The van der Waals surface area contributed by atoms with Crippen LogP contribution in [0.5, 0.6) is 0 Å². The summed E-state index contributed by atoms with van der Waals surface area (Å²) in [5.41, 5.74) is 0. The first kappa shape index (κ1) is 16.0. The van der Waals surface area contributed by atoms with Crippen molar-refractivity contribution in [1.82, 2.24) is 9.80 Å². The van der Waals surface area contributed by atoms with Crippen LogP contribution in [-0.2, 0) is 19.4 Å². The average Bonchev–Trinajstić information content (AvgIpc) is 3.02. The summed E-state index contributed by atoms with van der Waals surface area (Å²) in [7, 11) is 0.00273. The molecule has 3 atom stereocenters. The van der Waals surface area contributed by atoms with Crippen LogP contribution < -0.4 is 0 Å². The van der Waals surface area contributed by atoms with Crippen LogP contribution in [-0.4, -0.2) is 86.2 Å². The highest BCUT2D eigenvalue weighted by atomic mass is 32.2. The summed E-state index contributed by atoms with van der Waals surface area (Å²) >= 11 is 0. The smallest absolute Gasteiger partial charge is 0.320 e. The maximum atomic E-state index is 12.4. The van der Waals surface area contributed by atoms with Gasteiger partial charge in [0, 0.05) is 20.1 Å². The molecule has 2 aliphatic heterocycles. The van der Waals surface area contributed by atoms with Crippen molar-refractivity contribution in [2.75, 3.05) is 38.8 Å². The Morgan fingerprint density at radius 3 is 2.38 bits per heavy atom. The van der Waals surface area contributed by atoms with Gasteiger partial charge in [-0.25, -0.2) is 13.2 Å². The molecule has 120 valence electrons. The van der Waals surface area contributed by atoms with Crippen molar-refractivity contribution in [3.05, 3.63) is 0 Å². The maximum absolute atomic E-state index is 12.4. The fraction of sp³-hybridized carbons (Fsp3) is 0.833. The van der Waals surface area contributed by atoms with Crippen molar-refractivity contribution < 1.29 is 27.9 Å². The number of aliphatic carboxylic acids is 1. The summed E-state index contributed by atoms with van der Waals surface area (Å²) in [6.07, 6.45) is 0.419. The number of sulfone groups is 1. The van der Waals surface area contributed by atoms with Gasteiger partial charge in [-0.05, 0) is 6.42 Å². The van der Waals surface area contributed by atoms with E-state index in [9.17, 15) is 18.0 Å². The first-order valence-electron chi connectivity index (χ1n) is 6.73. The normalized spacial score (nSPS) is 31.0. The second-order valence-electron chi connectivity index (χ2n) is 5.61. The highest BCUT2D eigenvalue weighted by molar-refractivity contribution is 7.91. The van der Waals surface area contributed by atoms with E-state index in [1.54, 1.807) is 7.05 Å². The molecule has 0 saturated carbocycles. The quantitative estimate of drug-likeness (QED) is 0.734. The van der Waals surface area contributed by atoms with E-state index in [-0.39, 0.29) is 36.8 Å². The van der Waals surface area contributed by atoms with Crippen LogP contribution in [0.1, 0.15) is 6.42 Å². The lowest BCUT2D eigenvalue weighted by molar-refractivity contribution is -0.142. The van der Waals surface area contributed by atoms with Gasteiger partial charge in [0.15, 0.2) is 9.84 Å². The summed E-state index contributed by atoms with van der Waals surface area (Å²) in [5.74, 6) is -1.70. The minimum atomic E-state index is -3.07.